The third kappa shape index (κ3) is 4.34. The number of nitrogens with zero attached hydrogens (tertiary/aromatic N) is 4. The van der Waals surface area contributed by atoms with Crippen LogP contribution < -0.4 is 5.32 Å². The molecule has 0 bridgehead atoms. The van der Waals surface area contributed by atoms with Crippen molar-refractivity contribution < 1.29 is 9.53 Å². The number of hydrogen-bond acceptors (Lipinski definition) is 5. The average Bonchev–Trinajstić information content (AvgIpc) is 2.89. The number of amides is 1. The number of nitrogens with one attached hydrogen (secondary N) is 1. The van der Waals surface area contributed by atoms with Crippen LogP contribution in [0.15, 0.2) is 12.3 Å². The number of carbonyl (C=O) groups is 1. The smallest absolute Gasteiger partial charge is 0.225 e. The number of aryl methyl sites for hydroxylation is 1. The van der Waals surface area contributed by atoms with Crippen LogP contribution in [-0.2, 0) is 23.1 Å². The second-order valence-electron chi connectivity index (χ2n) is 6.87. The fourth-order valence-corrected chi connectivity index (χ4v) is 3.78. The normalized spacial score (nSPS) is 24.7. The Morgan fingerprint density at radius 1 is 1.33 bits per heavy atom. The van der Waals surface area contributed by atoms with Crippen LogP contribution in [0.3, 0.4) is 0 Å². The fourth-order valence-electron chi connectivity index (χ4n) is 3.78. The first kappa shape index (κ1) is 17.4. The molecule has 0 aromatic carbocycles. The van der Waals surface area contributed by atoms with Crippen LogP contribution in [-0.4, -0.2) is 78.0 Å². The summed E-state index contributed by atoms with van der Waals surface area (Å²) in [6.07, 6.45) is 4.11. The lowest BCUT2D eigenvalue weighted by Crippen LogP contribution is -2.45. The van der Waals surface area contributed by atoms with Crippen LogP contribution in [0.2, 0.25) is 0 Å². The van der Waals surface area contributed by atoms with E-state index in [9.17, 15) is 4.79 Å². The van der Waals surface area contributed by atoms with Gasteiger partial charge in [-0.15, -0.1) is 0 Å². The Labute approximate surface area is 143 Å². The van der Waals surface area contributed by atoms with Crippen molar-refractivity contribution in [3.63, 3.8) is 0 Å². The summed E-state index contributed by atoms with van der Waals surface area (Å²) in [6, 6.07) is 2.59. The van der Waals surface area contributed by atoms with Crippen molar-refractivity contribution in [1.29, 1.82) is 0 Å². The molecule has 1 N–H and O–H groups in total. The fraction of sp³-hybridized carbons (Fsp3) is 0.765. The number of rotatable bonds is 4. The van der Waals surface area contributed by atoms with Crippen molar-refractivity contribution in [2.75, 3.05) is 46.4 Å². The lowest BCUT2D eigenvalue weighted by atomic mass is 10.0. The highest BCUT2D eigenvalue weighted by Crippen LogP contribution is 2.20. The van der Waals surface area contributed by atoms with E-state index in [2.05, 4.69) is 26.3 Å². The first-order chi connectivity index (χ1) is 11.7. The molecule has 134 valence electrons. The van der Waals surface area contributed by atoms with Gasteiger partial charge in [-0.1, -0.05) is 0 Å². The molecule has 2 saturated heterocycles. The predicted molar refractivity (Wildman–Crippen MR) is 91.5 cm³/mol. The van der Waals surface area contributed by atoms with Crippen LogP contribution in [0.25, 0.3) is 0 Å². The highest BCUT2D eigenvalue weighted by molar-refractivity contribution is 5.78. The molecule has 3 rings (SSSR count). The second kappa shape index (κ2) is 8.09. The minimum Gasteiger partial charge on any atom is -0.381 e. The van der Waals surface area contributed by atoms with Gasteiger partial charge in [0, 0.05) is 72.3 Å². The zero-order valence-electron chi connectivity index (χ0n) is 14.8. The third-order valence-corrected chi connectivity index (χ3v) is 5.12. The zero-order chi connectivity index (χ0) is 16.9. The molecule has 7 heteroatoms. The van der Waals surface area contributed by atoms with Gasteiger partial charge in [0.2, 0.25) is 5.91 Å². The molecule has 0 saturated carbocycles. The van der Waals surface area contributed by atoms with Crippen LogP contribution in [0.4, 0.5) is 0 Å². The van der Waals surface area contributed by atoms with Crippen LogP contribution in [0.1, 0.15) is 18.5 Å². The van der Waals surface area contributed by atoms with E-state index in [1.54, 1.807) is 7.05 Å². The van der Waals surface area contributed by atoms with Crippen molar-refractivity contribution in [1.82, 2.24) is 24.9 Å². The number of hydrogen-bond donors (Lipinski definition) is 1. The van der Waals surface area contributed by atoms with Gasteiger partial charge in [0.15, 0.2) is 0 Å². The highest BCUT2D eigenvalue weighted by Gasteiger charge is 2.31. The average molecular weight is 335 g/mol. The first-order valence-corrected chi connectivity index (χ1v) is 8.90. The molecular formula is C17H29N5O2. The maximum absolute atomic E-state index is 12.3. The maximum Gasteiger partial charge on any atom is 0.225 e. The van der Waals surface area contributed by atoms with Gasteiger partial charge in [0.05, 0.1) is 11.6 Å². The summed E-state index contributed by atoms with van der Waals surface area (Å²) in [4.78, 5) is 17.2. The first-order valence-electron chi connectivity index (χ1n) is 8.90. The molecule has 0 aliphatic carbocycles. The van der Waals surface area contributed by atoms with Gasteiger partial charge >= 0.3 is 0 Å². The summed E-state index contributed by atoms with van der Waals surface area (Å²) in [5, 5.41) is 7.32. The summed E-state index contributed by atoms with van der Waals surface area (Å²) in [6.45, 7) is 6.08. The minimum atomic E-state index is 0.00376. The van der Waals surface area contributed by atoms with Crippen molar-refractivity contribution in [2.24, 2.45) is 13.0 Å². The minimum absolute atomic E-state index is 0.00376. The van der Waals surface area contributed by atoms with E-state index in [1.165, 1.54) is 0 Å². The molecule has 0 unspecified atom stereocenters. The predicted octanol–water partition coefficient (Wildman–Crippen LogP) is 0.0789. The number of carbonyl (C=O) groups excluding carboxylic acids is 1. The molecule has 1 aromatic heterocycles. The van der Waals surface area contributed by atoms with Gasteiger partial charge in [0.25, 0.3) is 0 Å². The van der Waals surface area contributed by atoms with Crippen LogP contribution in [0.5, 0.6) is 0 Å². The van der Waals surface area contributed by atoms with Gasteiger partial charge in [-0.25, -0.2) is 0 Å². The SMILES string of the molecule is CNC(=O)[C@H]1CN(Cc2ccn(C)n2)CCN(C2CCOCC2)C1. The maximum atomic E-state index is 12.3. The van der Waals surface area contributed by atoms with Crippen molar-refractivity contribution in [2.45, 2.75) is 25.4 Å². The van der Waals surface area contributed by atoms with Gasteiger partial charge in [-0.05, 0) is 18.9 Å². The van der Waals surface area contributed by atoms with Gasteiger partial charge in [0.1, 0.15) is 0 Å². The zero-order valence-corrected chi connectivity index (χ0v) is 14.8. The lowest BCUT2D eigenvalue weighted by molar-refractivity contribution is -0.125. The number of aromatic nitrogens is 2. The molecule has 3 heterocycles. The molecular weight excluding hydrogens is 306 g/mol. The quantitative estimate of drug-likeness (QED) is 0.844. The summed E-state index contributed by atoms with van der Waals surface area (Å²) < 4.78 is 7.32. The van der Waals surface area contributed by atoms with Crippen LogP contribution in [0, 0.1) is 5.92 Å². The van der Waals surface area contributed by atoms with Crippen molar-refractivity contribution in [3.05, 3.63) is 18.0 Å². The molecule has 7 nitrogen and oxygen atoms in total. The summed E-state index contributed by atoms with van der Waals surface area (Å²) in [5.41, 5.74) is 1.06. The van der Waals surface area contributed by atoms with Crippen LogP contribution >= 0.6 is 0 Å². The van der Waals surface area contributed by atoms with Gasteiger partial charge < -0.3 is 10.1 Å². The third-order valence-electron chi connectivity index (χ3n) is 5.12. The Morgan fingerprint density at radius 3 is 2.79 bits per heavy atom. The Bertz CT molecular complexity index is 541. The lowest BCUT2D eigenvalue weighted by Gasteiger charge is -2.34. The largest absolute Gasteiger partial charge is 0.381 e. The summed E-state index contributed by atoms with van der Waals surface area (Å²) in [7, 11) is 3.67. The Balaban J connectivity index is 1.67. The van der Waals surface area contributed by atoms with Gasteiger partial charge in [-0.2, -0.15) is 5.10 Å². The summed E-state index contributed by atoms with van der Waals surface area (Å²) in [5.74, 6) is 0.143. The second-order valence-corrected chi connectivity index (χ2v) is 6.87. The topological polar surface area (TPSA) is 62.6 Å². The molecule has 1 amide bonds. The highest BCUT2D eigenvalue weighted by atomic mass is 16.5. The van der Waals surface area contributed by atoms with Crippen molar-refractivity contribution in [3.8, 4) is 0 Å². The standard InChI is InChI=1S/C17H29N5O2/c1-18-17(23)14-11-21(13-15-3-6-20(2)19-15)7-8-22(12-14)16-4-9-24-10-5-16/h3,6,14,16H,4-5,7-13H2,1-2H3,(H,18,23)/t14-/m0/s1. The molecule has 2 aliphatic heterocycles. The van der Waals surface area contributed by atoms with Crippen molar-refractivity contribution >= 4 is 5.91 Å². The molecule has 1 atom stereocenters. The molecule has 1 aromatic rings. The Kier molecular flexibility index (Phi) is 5.86. The Hall–Kier alpha value is -1.44. The molecule has 2 fully saturated rings. The molecule has 24 heavy (non-hydrogen) atoms. The monoisotopic (exact) mass is 335 g/mol. The van der Waals surface area contributed by atoms with E-state index in [1.807, 2.05) is 17.9 Å². The molecule has 0 radical (unpaired) electrons. The molecule has 2 aliphatic rings. The number of ether oxygens (including phenoxy) is 1. The van der Waals surface area contributed by atoms with Gasteiger partial charge in [-0.3, -0.25) is 19.3 Å². The van der Waals surface area contributed by atoms with E-state index < -0.39 is 0 Å². The van der Waals surface area contributed by atoms with E-state index in [0.717, 1.165) is 64.5 Å². The van der Waals surface area contributed by atoms with E-state index in [0.29, 0.717) is 6.04 Å². The van der Waals surface area contributed by atoms with E-state index in [-0.39, 0.29) is 11.8 Å². The van der Waals surface area contributed by atoms with E-state index >= 15 is 0 Å². The Morgan fingerprint density at radius 2 is 2.12 bits per heavy atom. The summed E-state index contributed by atoms with van der Waals surface area (Å²) >= 11 is 0. The molecule has 0 spiro atoms. The van der Waals surface area contributed by atoms with E-state index in [4.69, 9.17) is 4.74 Å².